The monoisotopic (exact) mass is 276 g/mol. The fourth-order valence-electron chi connectivity index (χ4n) is 1.69. The molecular formula is C12H12N4O4. The number of methoxy groups -OCH3 is 1. The Morgan fingerprint density at radius 2 is 1.95 bits per heavy atom. The van der Waals surface area contributed by atoms with E-state index in [0.29, 0.717) is 5.75 Å². The summed E-state index contributed by atoms with van der Waals surface area (Å²) in [6.07, 6.45) is 0. The van der Waals surface area contributed by atoms with Gasteiger partial charge in [0.25, 0.3) is 0 Å². The molecule has 0 spiro atoms. The minimum absolute atomic E-state index is 0.0394. The molecule has 0 saturated carbocycles. The molecule has 1 aromatic carbocycles. The molecule has 0 saturated heterocycles. The minimum Gasteiger partial charge on any atom is -0.467 e. The average Bonchev–Trinajstić information content (AvgIpc) is 2.92. The summed E-state index contributed by atoms with van der Waals surface area (Å²) in [5, 5.41) is 0. The maximum absolute atomic E-state index is 5.52. The molecule has 0 aliphatic carbocycles. The Bertz CT molecular complexity index is 635. The number of anilines is 1. The number of hydrogen-bond donors (Lipinski definition) is 1. The van der Waals surface area contributed by atoms with E-state index in [1.54, 1.807) is 0 Å². The molecule has 8 heteroatoms. The van der Waals surface area contributed by atoms with Crippen LogP contribution in [0.1, 0.15) is 5.56 Å². The highest BCUT2D eigenvalue weighted by atomic mass is 16.7. The lowest BCUT2D eigenvalue weighted by Crippen LogP contribution is -2.05. The zero-order chi connectivity index (χ0) is 13.9. The first-order chi connectivity index (χ1) is 9.74. The van der Waals surface area contributed by atoms with Crippen LogP contribution in [0.25, 0.3) is 0 Å². The lowest BCUT2D eigenvalue weighted by Gasteiger charge is -2.06. The van der Waals surface area contributed by atoms with Crippen LogP contribution in [-0.2, 0) is 6.61 Å². The molecule has 104 valence electrons. The van der Waals surface area contributed by atoms with E-state index in [0.717, 1.165) is 11.3 Å². The molecule has 0 amide bonds. The van der Waals surface area contributed by atoms with Gasteiger partial charge >= 0.3 is 12.0 Å². The third kappa shape index (κ3) is 2.48. The van der Waals surface area contributed by atoms with E-state index in [1.165, 1.54) is 7.11 Å². The van der Waals surface area contributed by atoms with E-state index in [9.17, 15) is 0 Å². The van der Waals surface area contributed by atoms with Gasteiger partial charge in [-0.15, -0.1) is 4.98 Å². The molecule has 0 bridgehead atoms. The number of nitrogen functional groups attached to an aromatic ring is 1. The van der Waals surface area contributed by atoms with Crippen molar-refractivity contribution in [2.75, 3.05) is 19.6 Å². The minimum atomic E-state index is 0.0394. The standard InChI is InChI=1S/C12H12N4O4/c1-17-11-14-10(13)15-12(16-11)18-5-7-2-3-8-9(4-7)20-6-19-8/h2-4H,5-6H2,1H3,(H2,13,14,15,16). The number of hydrogen-bond acceptors (Lipinski definition) is 8. The second kappa shape index (κ2) is 5.08. The highest BCUT2D eigenvalue weighted by molar-refractivity contribution is 5.44. The van der Waals surface area contributed by atoms with Crippen LogP contribution >= 0.6 is 0 Å². The molecule has 2 heterocycles. The predicted octanol–water partition coefficient (Wildman–Crippen LogP) is 0.770. The van der Waals surface area contributed by atoms with Crippen LogP contribution in [0.5, 0.6) is 23.5 Å². The number of benzene rings is 1. The highest BCUT2D eigenvalue weighted by Crippen LogP contribution is 2.32. The first-order valence-electron chi connectivity index (χ1n) is 5.81. The van der Waals surface area contributed by atoms with Crippen LogP contribution in [0.3, 0.4) is 0 Å². The molecule has 0 radical (unpaired) electrons. The Morgan fingerprint density at radius 1 is 1.15 bits per heavy atom. The predicted molar refractivity (Wildman–Crippen MR) is 67.7 cm³/mol. The van der Waals surface area contributed by atoms with Crippen molar-refractivity contribution in [3.8, 4) is 23.5 Å². The van der Waals surface area contributed by atoms with Crippen molar-refractivity contribution in [1.29, 1.82) is 0 Å². The quantitative estimate of drug-likeness (QED) is 0.873. The Balaban J connectivity index is 1.71. The van der Waals surface area contributed by atoms with Gasteiger partial charge in [0.2, 0.25) is 12.7 Å². The van der Waals surface area contributed by atoms with Crippen molar-refractivity contribution in [1.82, 2.24) is 15.0 Å². The van der Waals surface area contributed by atoms with Crippen LogP contribution in [0.15, 0.2) is 18.2 Å². The van der Waals surface area contributed by atoms with Gasteiger partial charge in [-0.2, -0.15) is 9.97 Å². The lowest BCUT2D eigenvalue weighted by atomic mass is 10.2. The van der Waals surface area contributed by atoms with E-state index in [1.807, 2.05) is 18.2 Å². The molecule has 1 aliphatic heterocycles. The molecule has 20 heavy (non-hydrogen) atoms. The first-order valence-corrected chi connectivity index (χ1v) is 5.81. The largest absolute Gasteiger partial charge is 0.467 e. The van der Waals surface area contributed by atoms with E-state index in [4.69, 9.17) is 24.7 Å². The van der Waals surface area contributed by atoms with E-state index >= 15 is 0 Å². The Kier molecular flexibility index (Phi) is 3.12. The molecule has 0 unspecified atom stereocenters. The topological polar surface area (TPSA) is 102 Å². The number of rotatable bonds is 4. The Morgan fingerprint density at radius 3 is 2.80 bits per heavy atom. The summed E-state index contributed by atoms with van der Waals surface area (Å²) in [4.78, 5) is 11.6. The van der Waals surface area contributed by atoms with Crippen LogP contribution in [0.2, 0.25) is 0 Å². The second-order valence-corrected chi connectivity index (χ2v) is 3.94. The fraction of sp³-hybridized carbons (Fsp3) is 0.250. The molecule has 3 rings (SSSR count). The van der Waals surface area contributed by atoms with Crippen molar-refractivity contribution in [2.45, 2.75) is 6.61 Å². The van der Waals surface area contributed by atoms with Gasteiger partial charge in [0.05, 0.1) is 7.11 Å². The third-order valence-electron chi connectivity index (χ3n) is 2.60. The van der Waals surface area contributed by atoms with Gasteiger partial charge in [-0.3, -0.25) is 0 Å². The van der Waals surface area contributed by atoms with Gasteiger partial charge in [-0.25, -0.2) is 0 Å². The maximum atomic E-state index is 5.52. The van der Waals surface area contributed by atoms with Gasteiger partial charge in [0.15, 0.2) is 11.5 Å². The van der Waals surface area contributed by atoms with Gasteiger partial charge in [-0.1, -0.05) is 6.07 Å². The SMILES string of the molecule is COc1nc(N)nc(OCc2ccc3c(c2)OCO3)n1. The molecule has 0 fully saturated rings. The number of aromatic nitrogens is 3. The van der Waals surface area contributed by atoms with Crippen LogP contribution in [0, 0.1) is 0 Å². The first kappa shape index (κ1) is 12.3. The van der Waals surface area contributed by atoms with Gasteiger partial charge in [0, 0.05) is 0 Å². The van der Waals surface area contributed by atoms with E-state index in [2.05, 4.69) is 15.0 Å². The summed E-state index contributed by atoms with van der Waals surface area (Å²) in [5.41, 5.74) is 6.41. The van der Waals surface area contributed by atoms with Crippen molar-refractivity contribution in [3.63, 3.8) is 0 Å². The normalized spacial score (nSPS) is 12.2. The van der Waals surface area contributed by atoms with Crippen LogP contribution in [0.4, 0.5) is 5.95 Å². The Labute approximate surface area is 114 Å². The summed E-state index contributed by atoms with van der Waals surface area (Å²) in [5.74, 6) is 1.45. The van der Waals surface area contributed by atoms with Gasteiger partial charge in [0.1, 0.15) is 6.61 Å². The van der Waals surface area contributed by atoms with Crippen molar-refractivity contribution >= 4 is 5.95 Å². The summed E-state index contributed by atoms with van der Waals surface area (Å²) >= 11 is 0. The smallest absolute Gasteiger partial charge is 0.324 e. The molecular weight excluding hydrogens is 264 g/mol. The summed E-state index contributed by atoms with van der Waals surface area (Å²) in [6.45, 7) is 0.504. The van der Waals surface area contributed by atoms with Crippen LogP contribution in [-0.4, -0.2) is 28.9 Å². The van der Waals surface area contributed by atoms with Crippen molar-refractivity contribution in [2.24, 2.45) is 0 Å². The summed E-state index contributed by atoms with van der Waals surface area (Å²) in [6, 6.07) is 5.74. The zero-order valence-electron chi connectivity index (χ0n) is 10.7. The molecule has 2 aromatic rings. The average molecular weight is 276 g/mol. The molecule has 2 N–H and O–H groups in total. The maximum Gasteiger partial charge on any atom is 0.324 e. The van der Waals surface area contributed by atoms with Crippen molar-refractivity contribution < 1.29 is 18.9 Å². The van der Waals surface area contributed by atoms with E-state index < -0.39 is 0 Å². The van der Waals surface area contributed by atoms with Gasteiger partial charge in [-0.05, 0) is 17.7 Å². The lowest BCUT2D eigenvalue weighted by molar-refractivity contribution is 0.174. The fourth-order valence-corrected chi connectivity index (χ4v) is 1.69. The number of fused-ring (bicyclic) bond motifs is 1. The zero-order valence-corrected chi connectivity index (χ0v) is 10.7. The highest BCUT2D eigenvalue weighted by Gasteiger charge is 2.13. The van der Waals surface area contributed by atoms with E-state index in [-0.39, 0.29) is 31.4 Å². The molecule has 1 aliphatic rings. The third-order valence-corrected chi connectivity index (χ3v) is 2.60. The van der Waals surface area contributed by atoms with Crippen molar-refractivity contribution in [3.05, 3.63) is 23.8 Å². The van der Waals surface area contributed by atoms with Crippen LogP contribution < -0.4 is 24.7 Å². The second-order valence-electron chi connectivity index (χ2n) is 3.94. The molecule has 8 nitrogen and oxygen atoms in total. The number of nitrogens with zero attached hydrogens (tertiary/aromatic N) is 3. The molecule has 1 aromatic heterocycles. The van der Waals surface area contributed by atoms with Gasteiger partial charge < -0.3 is 24.7 Å². The Hall–Kier alpha value is -2.77. The number of nitrogens with two attached hydrogens (primary N) is 1. The summed E-state index contributed by atoms with van der Waals surface area (Å²) in [7, 11) is 1.44. The number of ether oxygens (including phenoxy) is 4. The summed E-state index contributed by atoms with van der Waals surface area (Å²) < 4.78 is 20.9. The molecule has 0 atom stereocenters.